The lowest BCUT2D eigenvalue weighted by Gasteiger charge is -2.30. The van der Waals surface area contributed by atoms with Gasteiger partial charge in [0.1, 0.15) is 18.1 Å². The van der Waals surface area contributed by atoms with E-state index in [0.717, 1.165) is 36.8 Å². The molecule has 27 heavy (non-hydrogen) atoms. The minimum absolute atomic E-state index is 0.170. The van der Waals surface area contributed by atoms with E-state index in [0.29, 0.717) is 29.9 Å². The molecule has 0 aliphatic carbocycles. The van der Waals surface area contributed by atoms with E-state index in [1.54, 1.807) is 7.11 Å². The molecule has 1 fully saturated rings. The van der Waals surface area contributed by atoms with E-state index in [-0.39, 0.29) is 5.91 Å². The molecule has 0 spiro atoms. The molecule has 2 heterocycles. The van der Waals surface area contributed by atoms with Gasteiger partial charge in [-0.1, -0.05) is 24.8 Å². The summed E-state index contributed by atoms with van der Waals surface area (Å²) in [5, 5.41) is 9.10. The number of piperidine rings is 1. The lowest BCUT2D eigenvalue weighted by Crippen LogP contribution is -2.38. The molecule has 146 valence electrons. The number of ether oxygens (including phenoxy) is 2. The molecule has 1 aromatic heterocycles. The minimum Gasteiger partial charge on any atom is -0.497 e. The molecule has 1 saturated heterocycles. The highest BCUT2D eigenvalue weighted by Gasteiger charge is 2.21. The zero-order valence-corrected chi connectivity index (χ0v) is 16.9. The van der Waals surface area contributed by atoms with Crippen molar-refractivity contribution in [3.8, 4) is 11.5 Å². The molecular weight excluding hydrogens is 364 g/mol. The van der Waals surface area contributed by atoms with Crippen LogP contribution in [0.1, 0.15) is 25.6 Å². The Balaban J connectivity index is 1.51. The Morgan fingerprint density at radius 1 is 1.26 bits per heavy atom. The minimum atomic E-state index is 0.170. The molecule has 0 saturated carbocycles. The van der Waals surface area contributed by atoms with E-state index < -0.39 is 0 Å². The quantitative estimate of drug-likeness (QED) is 0.677. The zero-order chi connectivity index (χ0) is 19.2. The number of likely N-dealkylation sites (tertiary alicyclic amines) is 1. The molecule has 7 nitrogen and oxygen atoms in total. The van der Waals surface area contributed by atoms with Crippen LogP contribution in [0.5, 0.6) is 11.5 Å². The van der Waals surface area contributed by atoms with Crippen molar-refractivity contribution >= 4 is 17.7 Å². The van der Waals surface area contributed by atoms with Crippen molar-refractivity contribution < 1.29 is 14.3 Å². The first-order chi connectivity index (χ1) is 13.1. The third kappa shape index (κ3) is 5.15. The average Bonchev–Trinajstić information content (AvgIpc) is 3.05. The van der Waals surface area contributed by atoms with Crippen LogP contribution >= 0.6 is 11.8 Å². The van der Waals surface area contributed by atoms with Crippen molar-refractivity contribution in [1.82, 2.24) is 19.7 Å². The molecule has 1 amide bonds. The maximum atomic E-state index is 12.4. The number of carbonyl (C=O) groups excluding carboxylic acids is 1. The van der Waals surface area contributed by atoms with Gasteiger partial charge in [-0.25, -0.2) is 0 Å². The summed E-state index contributed by atoms with van der Waals surface area (Å²) >= 11 is 1.42. The van der Waals surface area contributed by atoms with E-state index >= 15 is 0 Å². The summed E-state index contributed by atoms with van der Waals surface area (Å²) in [6.07, 6.45) is 2.18. The number of hydrogen-bond donors (Lipinski definition) is 0. The number of hydrogen-bond acceptors (Lipinski definition) is 6. The molecule has 1 aliphatic heterocycles. The Bertz CT molecular complexity index is 772. The smallest absolute Gasteiger partial charge is 0.233 e. The monoisotopic (exact) mass is 390 g/mol. The Morgan fingerprint density at radius 3 is 2.74 bits per heavy atom. The van der Waals surface area contributed by atoms with E-state index in [1.165, 1.54) is 11.8 Å². The van der Waals surface area contributed by atoms with Crippen LogP contribution in [0.3, 0.4) is 0 Å². The van der Waals surface area contributed by atoms with Gasteiger partial charge in [0.15, 0.2) is 11.0 Å². The number of thioether (sulfide) groups is 1. The summed E-state index contributed by atoms with van der Waals surface area (Å²) in [5.41, 5.74) is 0. The molecule has 0 atom stereocenters. The van der Waals surface area contributed by atoms with Gasteiger partial charge in [0.2, 0.25) is 5.91 Å². The van der Waals surface area contributed by atoms with Crippen molar-refractivity contribution in [2.24, 2.45) is 13.0 Å². The van der Waals surface area contributed by atoms with Gasteiger partial charge in [-0.3, -0.25) is 4.79 Å². The molecule has 1 aromatic carbocycles. The number of methoxy groups -OCH3 is 1. The van der Waals surface area contributed by atoms with Gasteiger partial charge in [-0.2, -0.15) is 0 Å². The highest BCUT2D eigenvalue weighted by molar-refractivity contribution is 7.99. The fraction of sp³-hybridized carbons (Fsp3) is 0.526. The van der Waals surface area contributed by atoms with Crippen molar-refractivity contribution in [3.63, 3.8) is 0 Å². The number of nitrogens with zero attached hydrogens (tertiary/aromatic N) is 4. The molecule has 0 N–H and O–H groups in total. The normalized spacial score (nSPS) is 15.0. The van der Waals surface area contributed by atoms with Crippen molar-refractivity contribution in [1.29, 1.82) is 0 Å². The van der Waals surface area contributed by atoms with Crippen LogP contribution in [0.2, 0.25) is 0 Å². The molecule has 3 rings (SSSR count). The van der Waals surface area contributed by atoms with E-state index in [9.17, 15) is 4.79 Å². The fourth-order valence-electron chi connectivity index (χ4n) is 2.91. The fourth-order valence-corrected chi connectivity index (χ4v) is 3.74. The molecule has 0 radical (unpaired) electrons. The maximum Gasteiger partial charge on any atom is 0.233 e. The largest absolute Gasteiger partial charge is 0.497 e. The van der Waals surface area contributed by atoms with Gasteiger partial charge in [-0.15, -0.1) is 10.2 Å². The van der Waals surface area contributed by atoms with Gasteiger partial charge in [0.05, 0.1) is 12.9 Å². The highest BCUT2D eigenvalue weighted by atomic mass is 32.2. The Kier molecular flexibility index (Phi) is 6.60. The lowest BCUT2D eigenvalue weighted by molar-refractivity contribution is -0.129. The third-order valence-corrected chi connectivity index (χ3v) is 5.80. The van der Waals surface area contributed by atoms with Crippen LogP contribution in [0.15, 0.2) is 29.4 Å². The van der Waals surface area contributed by atoms with Crippen LogP contribution in [-0.2, 0) is 18.4 Å². The van der Waals surface area contributed by atoms with Gasteiger partial charge in [0, 0.05) is 26.2 Å². The molecule has 1 aliphatic rings. The van der Waals surface area contributed by atoms with Crippen LogP contribution in [0, 0.1) is 5.92 Å². The third-order valence-electron chi connectivity index (χ3n) is 4.80. The van der Waals surface area contributed by atoms with Gasteiger partial charge < -0.3 is 18.9 Å². The van der Waals surface area contributed by atoms with Crippen molar-refractivity contribution in [2.75, 3.05) is 26.0 Å². The SMILES string of the molecule is COc1cccc(OCc2nnc(SCC(=O)N3CCC(C)CC3)n2C)c1. The summed E-state index contributed by atoms with van der Waals surface area (Å²) in [5.74, 6) is 3.43. The number of benzene rings is 1. The van der Waals surface area contributed by atoms with E-state index in [2.05, 4.69) is 17.1 Å². The summed E-state index contributed by atoms with van der Waals surface area (Å²) < 4.78 is 12.8. The second-order valence-corrected chi connectivity index (χ2v) is 7.72. The van der Waals surface area contributed by atoms with Crippen LogP contribution in [-0.4, -0.2) is 51.5 Å². The second kappa shape index (κ2) is 9.12. The summed E-state index contributed by atoms with van der Waals surface area (Å²) in [7, 11) is 3.51. The second-order valence-electron chi connectivity index (χ2n) is 6.78. The standard InChI is InChI=1S/C19H26N4O3S/c1-14-7-9-23(10-8-14)18(24)13-27-19-21-20-17(22(19)2)12-26-16-6-4-5-15(11-16)25-3/h4-6,11,14H,7-10,12-13H2,1-3H3. The predicted molar refractivity (Wildman–Crippen MR) is 104 cm³/mol. The lowest BCUT2D eigenvalue weighted by atomic mass is 9.99. The van der Waals surface area contributed by atoms with Crippen molar-refractivity contribution in [2.45, 2.75) is 31.5 Å². The Labute approximate surface area is 164 Å². The first-order valence-corrected chi connectivity index (χ1v) is 10.1. The van der Waals surface area contributed by atoms with E-state index in [4.69, 9.17) is 9.47 Å². The van der Waals surface area contributed by atoms with Gasteiger partial charge >= 0.3 is 0 Å². The topological polar surface area (TPSA) is 69.5 Å². The Hall–Kier alpha value is -2.22. The summed E-state index contributed by atoms with van der Waals surface area (Å²) in [4.78, 5) is 14.3. The van der Waals surface area contributed by atoms with E-state index in [1.807, 2.05) is 40.8 Å². The highest BCUT2D eigenvalue weighted by Crippen LogP contribution is 2.22. The molecular formula is C19H26N4O3S. The zero-order valence-electron chi connectivity index (χ0n) is 16.1. The summed E-state index contributed by atoms with van der Waals surface area (Å²) in [6.45, 7) is 4.26. The number of aromatic nitrogens is 3. The van der Waals surface area contributed by atoms with Crippen LogP contribution in [0.25, 0.3) is 0 Å². The molecule has 0 bridgehead atoms. The number of rotatable bonds is 7. The summed E-state index contributed by atoms with van der Waals surface area (Å²) in [6, 6.07) is 7.43. The Morgan fingerprint density at radius 2 is 2.00 bits per heavy atom. The van der Waals surface area contributed by atoms with Crippen LogP contribution in [0.4, 0.5) is 0 Å². The van der Waals surface area contributed by atoms with Crippen molar-refractivity contribution in [3.05, 3.63) is 30.1 Å². The predicted octanol–water partition coefficient (Wildman–Crippen LogP) is 2.75. The molecule has 8 heteroatoms. The number of amides is 1. The molecule has 2 aromatic rings. The first kappa shape index (κ1) is 19.5. The van der Waals surface area contributed by atoms with Crippen LogP contribution < -0.4 is 9.47 Å². The van der Waals surface area contributed by atoms with Gasteiger partial charge in [-0.05, 0) is 30.9 Å². The van der Waals surface area contributed by atoms with Gasteiger partial charge in [0.25, 0.3) is 0 Å². The maximum absolute atomic E-state index is 12.4. The average molecular weight is 391 g/mol. The number of carbonyl (C=O) groups is 1. The molecule has 0 unspecified atom stereocenters. The first-order valence-electron chi connectivity index (χ1n) is 9.12.